The summed E-state index contributed by atoms with van der Waals surface area (Å²) >= 11 is 20.2. The smallest absolute Gasteiger partial charge is 0.258 e. The highest BCUT2D eigenvalue weighted by Gasteiger charge is 2.26. The summed E-state index contributed by atoms with van der Waals surface area (Å²) in [6.07, 6.45) is 0. The lowest BCUT2D eigenvalue weighted by atomic mass is 10.5. The van der Waals surface area contributed by atoms with Gasteiger partial charge in [-0.15, -0.1) is 23.5 Å². The normalized spacial score (nSPS) is 14.7. The van der Waals surface area contributed by atoms with E-state index in [-0.39, 0.29) is 30.0 Å². The Labute approximate surface area is 130 Å². The molecule has 0 amide bonds. The molecular weight excluding hydrogens is 337 g/mol. The molecule has 0 bridgehead atoms. The number of hydrogen-bond donors (Lipinski definition) is 0. The minimum absolute atomic E-state index is 0.0440. The zero-order chi connectivity index (χ0) is 14.5. The van der Waals surface area contributed by atoms with Crippen molar-refractivity contribution < 1.29 is 4.92 Å². The van der Waals surface area contributed by atoms with Crippen molar-refractivity contribution in [2.24, 2.45) is 0 Å². The SMILES string of the molecule is CC(C)S/C(Cl)=C(Cl)\C(=C(\Cl)SC(C)C)[N+](=O)[O-]. The van der Waals surface area contributed by atoms with Crippen LogP contribution in [0, 0.1) is 10.1 Å². The van der Waals surface area contributed by atoms with Crippen LogP contribution in [0.3, 0.4) is 0 Å². The van der Waals surface area contributed by atoms with Crippen LogP contribution >= 0.6 is 58.3 Å². The zero-order valence-electron chi connectivity index (χ0n) is 10.4. The fourth-order valence-corrected chi connectivity index (χ4v) is 3.89. The van der Waals surface area contributed by atoms with Crippen molar-refractivity contribution in [3.05, 3.63) is 29.6 Å². The molecule has 0 spiro atoms. The molecule has 0 aliphatic rings. The number of hydrogen-bond acceptors (Lipinski definition) is 4. The van der Waals surface area contributed by atoms with Gasteiger partial charge in [0, 0.05) is 10.5 Å². The fraction of sp³-hybridized carbons (Fsp3) is 0.600. The van der Waals surface area contributed by atoms with Crippen molar-refractivity contribution >= 4 is 58.3 Å². The molecule has 0 saturated carbocycles. The monoisotopic (exact) mass is 349 g/mol. The molecule has 3 nitrogen and oxygen atoms in total. The van der Waals surface area contributed by atoms with Gasteiger partial charge in [-0.05, 0) is 0 Å². The first-order valence-electron chi connectivity index (χ1n) is 5.09. The molecule has 0 fully saturated rings. The lowest BCUT2D eigenvalue weighted by Gasteiger charge is -2.07. The molecule has 0 N–H and O–H groups in total. The third-order valence-electron chi connectivity index (χ3n) is 1.43. The molecule has 0 atom stereocenters. The Morgan fingerprint density at radius 3 is 1.72 bits per heavy atom. The van der Waals surface area contributed by atoms with Gasteiger partial charge in [0.15, 0.2) is 4.36 Å². The Bertz CT molecular complexity index is 381. The summed E-state index contributed by atoms with van der Waals surface area (Å²) in [5, 5.41) is 11.2. The Morgan fingerprint density at radius 2 is 1.39 bits per heavy atom. The molecule has 8 heteroatoms. The first-order chi connectivity index (χ1) is 8.16. The predicted molar refractivity (Wildman–Crippen MR) is 84.1 cm³/mol. The molecule has 0 aromatic heterocycles. The third-order valence-corrected chi connectivity index (χ3v) is 4.66. The minimum Gasteiger partial charge on any atom is -0.258 e. The lowest BCUT2D eigenvalue weighted by Crippen LogP contribution is -2.03. The van der Waals surface area contributed by atoms with Crippen LogP contribution in [-0.2, 0) is 0 Å². The van der Waals surface area contributed by atoms with E-state index in [1.165, 1.54) is 23.5 Å². The van der Waals surface area contributed by atoms with Crippen LogP contribution in [0.2, 0.25) is 0 Å². The van der Waals surface area contributed by atoms with E-state index in [4.69, 9.17) is 34.8 Å². The minimum atomic E-state index is -0.608. The zero-order valence-corrected chi connectivity index (χ0v) is 14.3. The van der Waals surface area contributed by atoms with E-state index in [1.54, 1.807) is 0 Å². The highest BCUT2D eigenvalue weighted by Crippen LogP contribution is 2.38. The van der Waals surface area contributed by atoms with Gasteiger partial charge in [-0.3, -0.25) is 10.1 Å². The fourth-order valence-electron chi connectivity index (χ4n) is 0.853. The summed E-state index contributed by atoms with van der Waals surface area (Å²) in [7, 11) is 0. The molecular formula is C10H14Cl3NO2S2. The van der Waals surface area contributed by atoms with Crippen LogP contribution in [0.25, 0.3) is 0 Å². The summed E-state index contributed by atoms with van der Waals surface area (Å²) in [6, 6.07) is 0. The summed E-state index contributed by atoms with van der Waals surface area (Å²) in [5.41, 5.74) is -0.338. The maximum atomic E-state index is 11.0. The summed E-state index contributed by atoms with van der Waals surface area (Å²) in [5.74, 6) is 0. The van der Waals surface area contributed by atoms with E-state index >= 15 is 0 Å². The number of allylic oxidation sites excluding steroid dienone is 1. The topological polar surface area (TPSA) is 43.1 Å². The first-order valence-corrected chi connectivity index (χ1v) is 7.99. The molecule has 0 unspecified atom stereocenters. The first kappa shape index (κ1) is 18.4. The van der Waals surface area contributed by atoms with Crippen molar-refractivity contribution in [1.29, 1.82) is 0 Å². The molecule has 0 aliphatic carbocycles. The van der Waals surface area contributed by atoms with Gasteiger partial charge in [-0.1, -0.05) is 62.5 Å². The Balaban J connectivity index is 5.43. The van der Waals surface area contributed by atoms with E-state index in [0.717, 1.165) is 0 Å². The van der Waals surface area contributed by atoms with Crippen LogP contribution in [-0.4, -0.2) is 15.4 Å². The third kappa shape index (κ3) is 6.57. The summed E-state index contributed by atoms with van der Waals surface area (Å²) < 4.78 is 0.225. The highest BCUT2D eigenvalue weighted by molar-refractivity contribution is 8.05. The quantitative estimate of drug-likeness (QED) is 0.355. The van der Waals surface area contributed by atoms with Crippen LogP contribution in [0.5, 0.6) is 0 Å². The molecule has 0 saturated heterocycles. The standard InChI is InChI=1S/C10H14Cl3NO2S2/c1-5(2)17-9(12)7(11)8(14(15)16)10(13)18-6(3)4/h5-6H,1-4H3/b9-7+,10-8+. The summed E-state index contributed by atoms with van der Waals surface area (Å²) in [6.45, 7) is 7.59. The Morgan fingerprint density at radius 1 is 1.00 bits per heavy atom. The van der Waals surface area contributed by atoms with Crippen molar-refractivity contribution in [2.75, 3.05) is 0 Å². The maximum Gasteiger partial charge on any atom is 0.314 e. The Kier molecular flexibility index (Phi) is 8.80. The number of rotatable bonds is 6. The van der Waals surface area contributed by atoms with Gasteiger partial charge >= 0.3 is 5.70 Å². The van der Waals surface area contributed by atoms with E-state index in [2.05, 4.69) is 0 Å². The lowest BCUT2D eigenvalue weighted by molar-refractivity contribution is -0.419. The van der Waals surface area contributed by atoms with Gasteiger partial charge in [0.1, 0.15) is 5.03 Å². The van der Waals surface area contributed by atoms with E-state index in [9.17, 15) is 10.1 Å². The predicted octanol–water partition coefficient (Wildman–Crippen LogP) is 5.60. The second-order valence-electron chi connectivity index (χ2n) is 3.80. The molecule has 0 aromatic rings. The number of nitro groups is 1. The van der Waals surface area contributed by atoms with Crippen LogP contribution in [0.15, 0.2) is 19.5 Å². The molecule has 0 radical (unpaired) electrons. The van der Waals surface area contributed by atoms with Gasteiger partial charge in [0.25, 0.3) is 0 Å². The van der Waals surface area contributed by atoms with Gasteiger partial charge in [-0.25, -0.2) is 0 Å². The van der Waals surface area contributed by atoms with Crippen molar-refractivity contribution in [1.82, 2.24) is 0 Å². The Hall–Kier alpha value is 0.450. The van der Waals surface area contributed by atoms with E-state index in [1.807, 2.05) is 27.7 Å². The molecule has 0 heterocycles. The van der Waals surface area contributed by atoms with E-state index < -0.39 is 4.92 Å². The number of halogens is 3. The average molecular weight is 351 g/mol. The van der Waals surface area contributed by atoms with Crippen LogP contribution in [0.4, 0.5) is 0 Å². The molecule has 18 heavy (non-hydrogen) atoms. The molecule has 0 aromatic carbocycles. The maximum absolute atomic E-state index is 11.0. The second kappa shape index (κ2) is 8.59. The van der Waals surface area contributed by atoms with E-state index in [0.29, 0.717) is 0 Å². The number of thioether (sulfide) groups is 2. The van der Waals surface area contributed by atoms with Crippen molar-refractivity contribution in [3.63, 3.8) is 0 Å². The van der Waals surface area contributed by atoms with Crippen LogP contribution < -0.4 is 0 Å². The van der Waals surface area contributed by atoms with Gasteiger partial charge in [-0.2, -0.15) is 0 Å². The van der Waals surface area contributed by atoms with Gasteiger partial charge in [0.05, 0.1) is 9.29 Å². The summed E-state index contributed by atoms with van der Waals surface area (Å²) in [4.78, 5) is 10.4. The molecule has 104 valence electrons. The van der Waals surface area contributed by atoms with Crippen molar-refractivity contribution in [2.45, 2.75) is 38.2 Å². The molecule has 0 rings (SSSR count). The van der Waals surface area contributed by atoms with Gasteiger partial charge < -0.3 is 0 Å². The van der Waals surface area contributed by atoms with Crippen LogP contribution in [0.1, 0.15) is 27.7 Å². The molecule has 0 aliphatic heterocycles. The van der Waals surface area contributed by atoms with Crippen molar-refractivity contribution in [3.8, 4) is 0 Å². The average Bonchev–Trinajstić information content (AvgIpc) is 2.14. The van der Waals surface area contributed by atoms with Gasteiger partial charge in [0.2, 0.25) is 0 Å². The highest BCUT2D eigenvalue weighted by atomic mass is 35.5. The largest absolute Gasteiger partial charge is 0.314 e. The second-order valence-corrected chi connectivity index (χ2v) is 8.56. The number of nitrogens with zero attached hydrogens (tertiary/aromatic N) is 1.